The lowest BCUT2D eigenvalue weighted by Gasteiger charge is -2.29. The lowest BCUT2D eigenvalue weighted by molar-refractivity contribution is -0.385. The molecule has 1 aliphatic heterocycles. The summed E-state index contributed by atoms with van der Waals surface area (Å²) in [4.78, 5) is 25.4. The van der Waals surface area contributed by atoms with Crippen LogP contribution in [0, 0.1) is 10.1 Å². The molecule has 3 rings (SSSR count). The van der Waals surface area contributed by atoms with E-state index >= 15 is 0 Å². The number of benzene rings is 2. The van der Waals surface area contributed by atoms with E-state index in [-0.39, 0.29) is 17.0 Å². The van der Waals surface area contributed by atoms with Gasteiger partial charge in [-0.15, -0.1) is 0 Å². The van der Waals surface area contributed by atoms with Crippen molar-refractivity contribution in [2.45, 2.75) is 6.92 Å². The fourth-order valence-corrected chi connectivity index (χ4v) is 3.56. The van der Waals surface area contributed by atoms with Crippen LogP contribution >= 0.6 is 15.9 Å². The molecule has 1 amide bonds. The van der Waals surface area contributed by atoms with E-state index < -0.39 is 10.8 Å². The van der Waals surface area contributed by atoms with Crippen LogP contribution in [0.4, 0.5) is 17.1 Å². The first-order valence-electron chi connectivity index (χ1n) is 8.84. The number of rotatable bonds is 6. The normalized spacial score (nSPS) is 13.9. The van der Waals surface area contributed by atoms with Crippen LogP contribution in [-0.2, 0) is 4.74 Å². The molecule has 8 nitrogen and oxygen atoms in total. The van der Waals surface area contributed by atoms with Crippen molar-refractivity contribution in [2.24, 2.45) is 0 Å². The molecule has 0 bridgehead atoms. The van der Waals surface area contributed by atoms with Gasteiger partial charge in [-0.05, 0) is 53.2 Å². The fraction of sp³-hybridized carbons (Fsp3) is 0.316. The van der Waals surface area contributed by atoms with E-state index in [9.17, 15) is 14.9 Å². The Morgan fingerprint density at radius 2 is 2.04 bits per heavy atom. The second-order valence-corrected chi connectivity index (χ2v) is 6.95. The van der Waals surface area contributed by atoms with E-state index in [0.29, 0.717) is 25.5 Å². The van der Waals surface area contributed by atoms with Crippen LogP contribution in [0.25, 0.3) is 0 Å². The zero-order valence-corrected chi connectivity index (χ0v) is 16.9. The third-order valence-electron chi connectivity index (χ3n) is 4.27. The molecular formula is C19H20BrN3O5. The molecule has 148 valence electrons. The summed E-state index contributed by atoms with van der Waals surface area (Å²) < 4.78 is 11.5. The minimum atomic E-state index is -0.560. The Labute approximate surface area is 170 Å². The van der Waals surface area contributed by atoms with Crippen molar-refractivity contribution in [3.05, 3.63) is 56.5 Å². The molecule has 0 aromatic heterocycles. The van der Waals surface area contributed by atoms with Gasteiger partial charge in [0.1, 0.15) is 0 Å². The van der Waals surface area contributed by atoms with Gasteiger partial charge in [-0.2, -0.15) is 0 Å². The van der Waals surface area contributed by atoms with Crippen molar-refractivity contribution in [1.29, 1.82) is 0 Å². The van der Waals surface area contributed by atoms with Gasteiger partial charge in [-0.1, -0.05) is 0 Å². The summed E-state index contributed by atoms with van der Waals surface area (Å²) >= 11 is 3.55. The fourth-order valence-electron chi connectivity index (χ4n) is 2.93. The van der Waals surface area contributed by atoms with Crippen molar-refractivity contribution in [3.63, 3.8) is 0 Å². The van der Waals surface area contributed by atoms with Crippen LogP contribution in [0.1, 0.15) is 17.3 Å². The van der Waals surface area contributed by atoms with Crippen molar-refractivity contribution >= 4 is 38.9 Å². The van der Waals surface area contributed by atoms with Crippen LogP contribution in [-0.4, -0.2) is 43.7 Å². The Balaban J connectivity index is 1.76. The van der Waals surface area contributed by atoms with E-state index in [0.717, 1.165) is 23.2 Å². The SMILES string of the molecule is CCOc1ccc(C(=O)Nc2ccc(N3CCOCC3)c(Br)c2)cc1[N+](=O)[O-]. The quantitative estimate of drug-likeness (QED) is 0.531. The molecule has 1 fully saturated rings. The topological polar surface area (TPSA) is 93.9 Å². The van der Waals surface area contributed by atoms with Gasteiger partial charge in [0.05, 0.1) is 30.4 Å². The third-order valence-corrected chi connectivity index (χ3v) is 4.91. The van der Waals surface area contributed by atoms with Crippen molar-refractivity contribution in [2.75, 3.05) is 43.1 Å². The van der Waals surface area contributed by atoms with Crippen LogP contribution in [0.2, 0.25) is 0 Å². The van der Waals surface area contributed by atoms with Gasteiger partial charge in [0, 0.05) is 34.9 Å². The predicted molar refractivity (Wildman–Crippen MR) is 109 cm³/mol. The molecule has 2 aromatic carbocycles. The monoisotopic (exact) mass is 449 g/mol. The van der Waals surface area contributed by atoms with E-state index in [4.69, 9.17) is 9.47 Å². The summed E-state index contributed by atoms with van der Waals surface area (Å²) in [5, 5.41) is 14.0. The largest absolute Gasteiger partial charge is 0.487 e. The van der Waals surface area contributed by atoms with Gasteiger partial charge in [0.25, 0.3) is 5.91 Å². The van der Waals surface area contributed by atoms with E-state index in [2.05, 4.69) is 26.1 Å². The van der Waals surface area contributed by atoms with Gasteiger partial charge >= 0.3 is 5.69 Å². The molecule has 0 atom stereocenters. The van der Waals surface area contributed by atoms with Crippen LogP contribution in [0.3, 0.4) is 0 Å². The molecule has 1 N–H and O–H groups in total. The number of hydrogen-bond acceptors (Lipinski definition) is 6. The van der Waals surface area contributed by atoms with Gasteiger partial charge in [-0.25, -0.2) is 0 Å². The Morgan fingerprint density at radius 3 is 2.68 bits per heavy atom. The summed E-state index contributed by atoms with van der Waals surface area (Å²) in [7, 11) is 0. The van der Waals surface area contributed by atoms with Gasteiger partial charge in [0.15, 0.2) is 5.75 Å². The smallest absolute Gasteiger partial charge is 0.311 e. The van der Waals surface area contributed by atoms with Gasteiger partial charge in [-0.3, -0.25) is 14.9 Å². The zero-order valence-electron chi connectivity index (χ0n) is 15.3. The number of amides is 1. The maximum absolute atomic E-state index is 12.5. The highest BCUT2D eigenvalue weighted by Gasteiger charge is 2.19. The zero-order chi connectivity index (χ0) is 20.1. The van der Waals surface area contributed by atoms with E-state index in [1.807, 2.05) is 12.1 Å². The molecule has 9 heteroatoms. The number of halogens is 1. The Kier molecular flexibility index (Phi) is 6.48. The molecule has 0 saturated carbocycles. The standard InChI is InChI=1S/C19H20BrN3O5/c1-2-28-18-6-3-13(11-17(18)23(25)26)19(24)21-14-4-5-16(15(20)12-14)22-7-9-27-10-8-22/h3-6,11-12H,2,7-10H2,1H3,(H,21,24). The summed E-state index contributed by atoms with van der Waals surface area (Å²) in [6.07, 6.45) is 0. The Bertz CT molecular complexity index is 884. The van der Waals surface area contributed by atoms with Crippen LogP contribution in [0.5, 0.6) is 5.75 Å². The number of nitrogens with one attached hydrogen (secondary N) is 1. The average Bonchev–Trinajstić information content (AvgIpc) is 2.69. The highest BCUT2D eigenvalue weighted by atomic mass is 79.9. The second-order valence-electron chi connectivity index (χ2n) is 6.09. The summed E-state index contributed by atoms with van der Waals surface area (Å²) in [5.41, 5.74) is 1.56. The number of nitro benzene ring substituents is 1. The molecule has 2 aromatic rings. The maximum Gasteiger partial charge on any atom is 0.311 e. The first kappa shape index (κ1) is 20.1. The lowest BCUT2D eigenvalue weighted by atomic mass is 10.1. The third kappa shape index (κ3) is 4.60. The molecule has 28 heavy (non-hydrogen) atoms. The van der Waals surface area contributed by atoms with Crippen molar-refractivity contribution < 1.29 is 19.2 Å². The maximum atomic E-state index is 12.5. The summed E-state index contributed by atoms with van der Waals surface area (Å²) in [5.74, 6) is -0.293. The number of carbonyl (C=O) groups is 1. The summed E-state index contributed by atoms with van der Waals surface area (Å²) in [6.45, 7) is 5.02. The lowest BCUT2D eigenvalue weighted by Crippen LogP contribution is -2.36. The molecule has 0 radical (unpaired) electrons. The van der Waals surface area contributed by atoms with Crippen molar-refractivity contribution in [3.8, 4) is 5.75 Å². The minimum Gasteiger partial charge on any atom is -0.487 e. The predicted octanol–water partition coefficient (Wildman–Crippen LogP) is 3.84. The number of nitro groups is 1. The van der Waals surface area contributed by atoms with Gasteiger partial charge in [0.2, 0.25) is 0 Å². The number of hydrogen-bond donors (Lipinski definition) is 1. The van der Waals surface area contributed by atoms with Crippen molar-refractivity contribution in [1.82, 2.24) is 0 Å². The highest BCUT2D eigenvalue weighted by Crippen LogP contribution is 2.31. The average molecular weight is 450 g/mol. The molecule has 0 spiro atoms. The van der Waals surface area contributed by atoms with E-state index in [1.54, 1.807) is 13.0 Å². The van der Waals surface area contributed by atoms with Crippen LogP contribution < -0.4 is 15.0 Å². The highest BCUT2D eigenvalue weighted by molar-refractivity contribution is 9.10. The molecule has 0 aliphatic carbocycles. The number of ether oxygens (including phenoxy) is 2. The molecular weight excluding hydrogens is 430 g/mol. The second kappa shape index (κ2) is 9.03. The number of morpholine rings is 1. The Hall–Kier alpha value is -2.65. The molecule has 0 unspecified atom stereocenters. The number of nitrogens with zero attached hydrogens (tertiary/aromatic N) is 2. The Morgan fingerprint density at radius 1 is 1.29 bits per heavy atom. The molecule has 1 heterocycles. The van der Waals surface area contributed by atoms with Crippen LogP contribution in [0.15, 0.2) is 40.9 Å². The van der Waals surface area contributed by atoms with E-state index in [1.165, 1.54) is 18.2 Å². The minimum absolute atomic E-state index is 0.140. The summed E-state index contributed by atoms with van der Waals surface area (Å²) in [6, 6.07) is 9.70. The number of carbonyl (C=O) groups excluding carboxylic acids is 1. The van der Waals surface area contributed by atoms with Gasteiger partial charge < -0.3 is 19.7 Å². The first-order chi connectivity index (χ1) is 13.5. The number of anilines is 2. The molecule has 1 saturated heterocycles. The first-order valence-corrected chi connectivity index (χ1v) is 9.63. The molecule has 1 aliphatic rings.